The van der Waals surface area contributed by atoms with Crippen LogP contribution in [0.25, 0.3) is 0 Å². The van der Waals surface area contributed by atoms with Gasteiger partial charge in [-0.1, -0.05) is 18.2 Å². The molecule has 5 heteroatoms. The number of hydrogen-bond acceptors (Lipinski definition) is 3. The average Bonchev–Trinajstić information content (AvgIpc) is 2.38. The molecule has 1 N–H and O–H groups in total. The average molecular weight is 247 g/mol. The number of rotatable bonds is 4. The monoisotopic (exact) mass is 247 g/mol. The first-order valence-corrected chi connectivity index (χ1v) is 5.23. The van der Waals surface area contributed by atoms with Crippen LogP contribution in [0.5, 0.6) is 5.75 Å². The number of carbonyl (C=O) groups is 1. The predicted molar refractivity (Wildman–Crippen MR) is 61.9 cm³/mol. The molecule has 0 radical (unpaired) electrons. The van der Waals surface area contributed by atoms with Crippen LogP contribution in [-0.4, -0.2) is 16.1 Å². The fourth-order valence-electron chi connectivity index (χ4n) is 1.44. The maximum Gasteiger partial charge on any atom is 0.358 e. The van der Waals surface area contributed by atoms with E-state index in [2.05, 4.69) is 4.98 Å². The van der Waals surface area contributed by atoms with E-state index in [0.717, 1.165) is 0 Å². The van der Waals surface area contributed by atoms with E-state index in [0.29, 0.717) is 5.56 Å². The lowest BCUT2D eigenvalue weighted by Gasteiger charge is -2.08. The lowest BCUT2D eigenvalue weighted by Crippen LogP contribution is -2.06. The summed E-state index contributed by atoms with van der Waals surface area (Å²) in [6.07, 6.45) is 1.36. The maximum absolute atomic E-state index is 13.3. The van der Waals surface area contributed by atoms with Gasteiger partial charge in [-0.3, -0.25) is 0 Å². The molecular formula is C13H10FNO3. The minimum absolute atomic E-state index is 0.0430. The van der Waals surface area contributed by atoms with Gasteiger partial charge in [0.05, 0.1) is 0 Å². The zero-order valence-corrected chi connectivity index (χ0v) is 9.34. The third-order valence-corrected chi connectivity index (χ3v) is 2.31. The SMILES string of the molecule is O=C(O)c1ncccc1OCc1ccccc1F. The van der Waals surface area contributed by atoms with Crippen molar-refractivity contribution in [1.29, 1.82) is 0 Å². The van der Waals surface area contributed by atoms with Crippen molar-refractivity contribution in [2.75, 3.05) is 0 Å². The molecule has 0 aliphatic rings. The van der Waals surface area contributed by atoms with Crippen molar-refractivity contribution < 1.29 is 19.0 Å². The van der Waals surface area contributed by atoms with E-state index >= 15 is 0 Å². The molecule has 2 rings (SSSR count). The fraction of sp³-hybridized carbons (Fsp3) is 0.0769. The molecule has 0 amide bonds. The fourth-order valence-corrected chi connectivity index (χ4v) is 1.44. The topological polar surface area (TPSA) is 59.4 Å². The van der Waals surface area contributed by atoms with Gasteiger partial charge in [0.1, 0.15) is 12.4 Å². The Balaban J connectivity index is 2.16. The zero-order chi connectivity index (χ0) is 13.0. The Morgan fingerprint density at radius 1 is 1.28 bits per heavy atom. The van der Waals surface area contributed by atoms with E-state index in [1.54, 1.807) is 24.3 Å². The van der Waals surface area contributed by atoms with Gasteiger partial charge in [-0.25, -0.2) is 14.2 Å². The summed E-state index contributed by atoms with van der Waals surface area (Å²) in [5.41, 5.74) is 0.173. The first kappa shape index (κ1) is 12.0. The van der Waals surface area contributed by atoms with Crippen molar-refractivity contribution in [2.24, 2.45) is 0 Å². The largest absolute Gasteiger partial charge is 0.486 e. The normalized spacial score (nSPS) is 10.1. The molecule has 0 saturated heterocycles. The van der Waals surface area contributed by atoms with Crippen molar-refractivity contribution in [3.63, 3.8) is 0 Å². The molecule has 2 aromatic rings. The third kappa shape index (κ3) is 2.63. The van der Waals surface area contributed by atoms with Crippen LogP contribution < -0.4 is 4.74 Å². The van der Waals surface area contributed by atoms with Gasteiger partial charge in [0.25, 0.3) is 0 Å². The summed E-state index contributed by atoms with van der Waals surface area (Å²) < 4.78 is 18.6. The minimum Gasteiger partial charge on any atom is -0.486 e. The van der Waals surface area contributed by atoms with Crippen molar-refractivity contribution >= 4 is 5.97 Å². The predicted octanol–water partition coefficient (Wildman–Crippen LogP) is 2.50. The van der Waals surface area contributed by atoms with Crippen molar-refractivity contribution in [3.8, 4) is 5.75 Å². The molecule has 0 bridgehead atoms. The minimum atomic E-state index is -1.18. The number of ether oxygens (including phenoxy) is 1. The molecule has 1 heterocycles. The van der Waals surface area contributed by atoms with E-state index in [-0.39, 0.29) is 18.1 Å². The van der Waals surface area contributed by atoms with Crippen LogP contribution in [0.4, 0.5) is 4.39 Å². The number of aromatic nitrogens is 1. The second-order valence-corrected chi connectivity index (χ2v) is 3.54. The van der Waals surface area contributed by atoms with E-state index in [1.807, 2.05) is 0 Å². The third-order valence-electron chi connectivity index (χ3n) is 2.31. The number of hydrogen-bond donors (Lipinski definition) is 1. The highest BCUT2D eigenvalue weighted by molar-refractivity contribution is 5.88. The molecule has 0 aliphatic carbocycles. The number of carboxylic acid groups (broad SMARTS) is 1. The summed E-state index contributed by atoms with van der Waals surface area (Å²) in [5.74, 6) is -1.45. The van der Waals surface area contributed by atoms with Gasteiger partial charge in [-0.05, 0) is 18.2 Å². The Hall–Kier alpha value is -2.43. The standard InChI is InChI=1S/C13H10FNO3/c14-10-5-2-1-4-9(10)8-18-11-6-3-7-15-12(11)13(16)17/h1-7H,8H2,(H,16,17). The van der Waals surface area contributed by atoms with Gasteiger partial charge in [0.2, 0.25) is 0 Å². The van der Waals surface area contributed by atoms with E-state index in [4.69, 9.17) is 9.84 Å². The molecule has 0 aliphatic heterocycles. The highest BCUT2D eigenvalue weighted by Gasteiger charge is 2.12. The summed E-state index contributed by atoms with van der Waals surface area (Å²) >= 11 is 0. The molecule has 1 aromatic carbocycles. The summed E-state index contributed by atoms with van der Waals surface area (Å²) in [5, 5.41) is 8.90. The highest BCUT2D eigenvalue weighted by atomic mass is 19.1. The van der Waals surface area contributed by atoms with Crippen LogP contribution in [-0.2, 0) is 6.61 Å². The van der Waals surface area contributed by atoms with Crippen molar-refractivity contribution in [1.82, 2.24) is 4.98 Å². The van der Waals surface area contributed by atoms with Crippen LogP contribution in [0.3, 0.4) is 0 Å². The Labute approximate surface area is 103 Å². The summed E-state index contributed by atoms with van der Waals surface area (Å²) in [6, 6.07) is 9.20. The Morgan fingerprint density at radius 3 is 2.78 bits per heavy atom. The van der Waals surface area contributed by atoms with Gasteiger partial charge in [0, 0.05) is 11.8 Å². The Morgan fingerprint density at radius 2 is 2.06 bits per heavy atom. The van der Waals surface area contributed by atoms with Crippen molar-refractivity contribution in [3.05, 3.63) is 59.7 Å². The van der Waals surface area contributed by atoms with Gasteiger partial charge in [-0.15, -0.1) is 0 Å². The van der Waals surface area contributed by atoms with Crippen LogP contribution >= 0.6 is 0 Å². The molecule has 92 valence electrons. The summed E-state index contributed by atoms with van der Waals surface area (Å²) in [6.45, 7) is -0.0430. The molecule has 0 unspecified atom stereocenters. The van der Waals surface area contributed by atoms with Crippen LogP contribution in [0.15, 0.2) is 42.6 Å². The number of nitrogens with zero attached hydrogens (tertiary/aromatic N) is 1. The van der Waals surface area contributed by atoms with E-state index < -0.39 is 11.8 Å². The molecule has 1 aromatic heterocycles. The number of aromatic carboxylic acids is 1. The van der Waals surface area contributed by atoms with Gasteiger partial charge < -0.3 is 9.84 Å². The Kier molecular flexibility index (Phi) is 3.52. The number of halogens is 1. The molecule has 4 nitrogen and oxygen atoms in total. The molecule has 18 heavy (non-hydrogen) atoms. The van der Waals surface area contributed by atoms with E-state index in [1.165, 1.54) is 18.3 Å². The first-order valence-electron chi connectivity index (χ1n) is 5.23. The molecular weight excluding hydrogens is 237 g/mol. The first-order chi connectivity index (χ1) is 8.68. The maximum atomic E-state index is 13.3. The second kappa shape index (κ2) is 5.27. The quantitative estimate of drug-likeness (QED) is 0.901. The van der Waals surface area contributed by atoms with Crippen LogP contribution in [0, 0.1) is 5.82 Å². The van der Waals surface area contributed by atoms with Gasteiger partial charge >= 0.3 is 5.97 Å². The van der Waals surface area contributed by atoms with Gasteiger partial charge in [0.15, 0.2) is 11.4 Å². The summed E-state index contributed by atoms with van der Waals surface area (Å²) in [7, 11) is 0. The van der Waals surface area contributed by atoms with Crippen molar-refractivity contribution in [2.45, 2.75) is 6.61 Å². The molecule has 0 spiro atoms. The zero-order valence-electron chi connectivity index (χ0n) is 9.34. The number of pyridine rings is 1. The second-order valence-electron chi connectivity index (χ2n) is 3.54. The van der Waals surface area contributed by atoms with Crippen LogP contribution in [0.1, 0.15) is 16.1 Å². The van der Waals surface area contributed by atoms with Crippen LogP contribution in [0.2, 0.25) is 0 Å². The smallest absolute Gasteiger partial charge is 0.358 e. The highest BCUT2D eigenvalue weighted by Crippen LogP contribution is 2.17. The molecule has 0 atom stereocenters. The molecule has 0 fully saturated rings. The lowest BCUT2D eigenvalue weighted by atomic mass is 10.2. The molecule has 0 saturated carbocycles. The Bertz CT molecular complexity index is 572. The van der Waals surface area contributed by atoms with Gasteiger partial charge in [-0.2, -0.15) is 0 Å². The lowest BCUT2D eigenvalue weighted by molar-refractivity contribution is 0.0685. The number of carboxylic acids is 1. The summed E-state index contributed by atoms with van der Waals surface area (Å²) in [4.78, 5) is 14.6. The number of benzene rings is 1. The van der Waals surface area contributed by atoms with E-state index in [9.17, 15) is 9.18 Å².